The Morgan fingerprint density at radius 1 is 1.44 bits per heavy atom. The molecule has 1 aliphatic heterocycles. The summed E-state index contributed by atoms with van der Waals surface area (Å²) in [6.45, 7) is 3.94. The van der Waals surface area contributed by atoms with Crippen LogP contribution < -0.4 is 10.6 Å². The molecule has 0 spiro atoms. The fourth-order valence-electron chi connectivity index (χ4n) is 1.77. The lowest BCUT2D eigenvalue weighted by atomic mass is 10.2. The van der Waals surface area contributed by atoms with Crippen LogP contribution in [0.3, 0.4) is 0 Å². The first-order valence-electron chi connectivity index (χ1n) is 5.33. The summed E-state index contributed by atoms with van der Waals surface area (Å²) in [6.07, 6.45) is 0. The van der Waals surface area contributed by atoms with Crippen LogP contribution in [0.4, 0.5) is 5.82 Å². The molecule has 3 N–H and O–H groups in total. The number of rotatable bonds is 2. The van der Waals surface area contributed by atoms with Gasteiger partial charge in [0.05, 0.1) is 5.56 Å². The van der Waals surface area contributed by atoms with Crippen LogP contribution in [0.2, 0.25) is 0 Å². The molecule has 5 heteroatoms. The summed E-state index contributed by atoms with van der Waals surface area (Å²) in [7, 11) is 0. The number of aromatic nitrogens is 1. The third-order valence-electron chi connectivity index (χ3n) is 2.62. The molecule has 0 aliphatic carbocycles. The van der Waals surface area contributed by atoms with Crippen molar-refractivity contribution in [2.75, 3.05) is 29.5 Å². The van der Waals surface area contributed by atoms with Gasteiger partial charge in [-0.3, -0.25) is 5.41 Å². The first-order chi connectivity index (χ1) is 7.68. The first kappa shape index (κ1) is 11.3. The van der Waals surface area contributed by atoms with Crippen LogP contribution >= 0.6 is 11.8 Å². The minimum Gasteiger partial charge on any atom is -0.384 e. The zero-order valence-corrected chi connectivity index (χ0v) is 10.2. The molecule has 1 saturated heterocycles. The first-order valence-corrected chi connectivity index (χ1v) is 6.48. The lowest BCUT2D eigenvalue weighted by Gasteiger charge is -2.29. The lowest BCUT2D eigenvalue weighted by molar-refractivity contribution is 0.834. The van der Waals surface area contributed by atoms with Crippen LogP contribution in [0.5, 0.6) is 0 Å². The molecule has 0 bridgehead atoms. The van der Waals surface area contributed by atoms with Crippen LogP contribution in [0.15, 0.2) is 12.1 Å². The number of amidine groups is 1. The van der Waals surface area contributed by atoms with E-state index in [0.29, 0.717) is 0 Å². The monoisotopic (exact) mass is 236 g/mol. The number of nitrogen functional groups attached to an aromatic ring is 1. The fourth-order valence-corrected chi connectivity index (χ4v) is 2.67. The van der Waals surface area contributed by atoms with Crippen molar-refractivity contribution in [2.24, 2.45) is 5.73 Å². The molecule has 0 atom stereocenters. The molecular weight excluding hydrogens is 220 g/mol. The third kappa shape index (κ3) is 2.29. The van der Waals surface area contributed by atoms with Crippen molar-refractivity contribution in [3.8, 4) is 0 Å². The summed E-state index contributed by atoms with van der Waals surface area (Å²) < 4.78 is 0. The van der Waals surface area contributed by atoms with Crippen molar-refractivity contribution < 1.29 is 0 Å². The van der Waals surface area contributed by atoms with Gasteiger partial charge in [0.1, 0.15) is 11.7 Å². The molecular formula is C11H16N4S. The number of hydrogen-bond donors (Lipinski definition) is 2. The number of anilines is 1. The second-order valence-electron chi connectivity index (χ2n) is 3.84. The molecule has 1 aromatic rings. The number of nitrogens with zero attached hydrogens (tertiary/aromatic N) is 2. The SMILES string of the molecule is Cc1ccc(C(=N)N)c(N2CCSCC2)n1. The van der Waals surface area contributed by atoms with Gasteiger partial charge in [0.2, 0.25) is 0 Å². The van der Waals surface area contributed by atoms with Crippen LogP contribution in [-0.2, 0) is 0 Å². The molecule has 0 unspecified atom stereocenters. The number of hydrogen-bond acceptors (Lipinski definition) is 4. The highest BCUT2D eigenvalue weighted by Gasteiger charge is 2.17. The zero-order chi connectivity index (χ0) is 11.5. The molecule has 16 heavy (non-hydrogen) atoms. The van der Waals surface area contributed by atoms with Crippen molar-refractivity contribution in [2.45, 2.75) is 6.92 Å². The van der Waals surface area contributed by atoms with Gasteiger partial charge < -0.3 is 10.6 Å². The summed E-state index contributed by atoms with van der Waals surface area (Å²) >= 11 is 1.96. The van der Waals surface area contributed by atoms with Crippen LogP contribution in [-0.4, -0.2) is 35.4 Å². The molecule has 1 aliphatic rings. The summed E-state index contributed by atoms with van der Waals surface area (Å²) in [5.41, 5.74) is 7.30. The molecule has 2 heterocycles. The Labute approximate surface area is 99.7 Å². The normalized spacial score (nSPS) is 16.2. The van der Waals surface area contributed by atoms with Crippen LogP contribution in [0.1, 0.15) is 11.3 Å². The number of nitrogens with two attached hydrogens (primary N) is 1. The Balaban J connectivity index is 2.36. The van der Waals surface area contributed by atoms with E-state index >= 15 is 0 Å². The summed E-state index contributed by atoms with van der Waals surface area (Å²) in [4.78, 5) is 6.74. The molecule has 86 valence electrons. The number of nitrogens with one attached hydrogen (secondary N) is 1. The average Bonchev–Trinajstić information content (AvgIpc) is 2.29. The van der Waals surface area contributed by atoms with E-state index in [1.807, 2.05) is 30.8 Å². The fraction of sp³-hybridized carbons (Fsp3) is 0.455. The Bertz CT molecular complexity index is 399. The predicted molar refractivity (Wildman–Crippen MR) is 69.5 cm³/mol. The van der Waals surface area contributed by atoms with E-state index < -0.39 is 0 Å². The summed E-state index contributed by atoms with van der Waals surface area (Å²) in [5.74, 6) is 3.20. The van der Waals surface area contributed by atoms with Crippen LogP contribution in [0, 0.1) is 12.3 Å². The third-order valence-corrected chi connectivity index (χ3v) is 3.56. The van der Waals surface area contributed by atoms with Crippen molar-refractivity contribution in [1.82, 2.24) is 4.98 Å². The maximum absolute atomic E-state index is 7.57. The Morgan fingerprint density at radius 3 is 2.75 bits per heavy atom. The highest BCUT2D eigenvalue weighted by molar-refractivity contribution is 7.99. The zero-order valence-electron chi connectivity index (χ0n) is 9.36. The van der Waals surface area contributed by atoms with E-state index in [-0.39, 0.29) is 5.84 Å². The van der Waals surface area contributed by atoms with E-state index in [2.05, 4.69) is 9.88 Å². The largest absolute Gasteiger partial charge is 0.384 e. The molecule has 1 fully saturated rings. The Hall–Kier alpha value is -1.23. The van der Waals surface area contributed by atoms with Gasteiger partial charge in [0, 0.05) is 30.3 Å². The molecule has 0 aromatic carbocycles. The molecule has 2 rings (SSSR count). The van der Waals surface area contributed by atoms with Gasteiger partial charge in [0.25, 0.3) is 0 Å². The van der Waals surface area contributed by atoms with Gasteiger partial charge in [-0.05, 0) is 19.1 Å². The standard InChI is InChI=1S/C11H16N4S/c1-8-2-3-9(10(12)13)11(14-8)15-4-6-16-7-5-15/h2-3H,4-7H2,1H3,(H3,12,13). The highest BCUT2D eigenvalue weighted by Crippen LogP contribution is 2.21. The van der Waals surface area contributed by atoms with Gasteiger partial charge in [0.15, 0.2) is 0 Å². The molecule has 1 aromatic heterocycles. The minimum absolute atomic E-state index is 0.0979. The molecule has 0 amide bonds. The van der Waals surface area contributed by atoms with Crippen molar-refractivity contribution in [3.05, 3.63) is 23.4 Å². The van der Waals surface area contributed by atoms with Crippen molar-refractivity contribution in [3.63, 3.8) is 0 Å². The average molecular weight is 236 g/mol. The number of pyridine rings is 1. The second kappa shape index (κ2) is 4.74. The Morgan fingerprint density at radius 2 is 2.12 bits per heavy atom. The number of thioether (sulfide) groups is 1. The van der Waals surface area contributed by atoms with Crippen molar-refractivity contribution >= 4 is 23.4 Å². The van der Waals surface area contributed by atoms with Gasteiger partial charge >= 0.3 is 0 Å². The predicted octanol–water partition coefficient (Wildman–Crippen LogP) is 1.23. The van der Waals surface area contributed by atoms with Gasteiger partial charge in [-0.1, -0.05) is 0 Å². The summed E-state index contributed by atoms with van der Waals surface area (Å²) in [5, 5.41) is 7.57. The summed E-state index contributed by atoms with van der Waals surface area (Å²) in [6, 6.07) is 3.79. The molecule has 0 radical (unpaired) electrons. The van der Waals surface area contributed by atoms with E-state index in [1.54, 1.807) is 0 Å². The van der Waals surface area contributed by atoms with Crippen LogP contribution in [0.25, 0.3) is 0 Å². The maximum atomic E-state index is 7.57. The van der Waals surface area contributed by atoms with E-state index in [9.17, 15) is 0 Å². The Kier molecular flexibility index (Phi) is 3.33. The van der Waals surface area contributed by atoms with Gasteiger partial charge in [-0.2, -0.15) is 11.8 Å². The van der Waals surface area contributed by atoms with E-state index in [1.165, 1.54) is 0 Å². The quantitative estimate of drug-likeness (QED) is 0.598. The van der Waals surface area contributed by atoms with Gasteiger partial charge in [-0.25, -0.2) is 4.98 Å². The molecule has 0 saturated carbocycles. The maximum Gasteiger partial charge on any atom is 0.139 e. The highest BCUT2D eigenvalue weighted by atomic mass is 32.2. The smallest absolute Gasteiger partial charge is 0.139 e. The molecule has 4 nitrogen and oxygen atoms in total. The van der Waals surface area contributed by atoms with Crippen molar-refractivity contribution in [1.29, 1.82) is 5.41 Å². The topological polar surface area (TPSA) is 66.0 Å². The van der Waals surface area contributed by atoms with Gasteiger partial charge in [-0.15, -0.1) is 0 Å². The lowest BCUT2D eigenvalue weighted by Crippen LogP contribution is -2.35. The number of aryl methyl sites for hydroxylation is 1. The van der Waals surface area contributed by atoms with E-state index in [4.69, 9.17) is 11.1 Å². The minimum atomic E-state index is 0.0979. The van der Waals surface area contributed by atoms with E-state index in [0.717, 1.165) is 41.7 Å². The second-order valence-corrected chi connectivity index (χ2v) is 5.06.